The summed E-state index contributed by atoms with van der Waals surface area (Å²) < 4.78 is 66.8. The lowest BCUT2D eigenvalue weighted by atomic mass is 10.2. The molecule has 29 heavy (non-hydrogen) atoms. The number of nitrogens with one attached hydrogen (secondary N) is 2. The standard InChI is InChI=1S/C17H22F3N3O5S/c1-2-9-21-16(24)12-27-22-13-7-10-23(11-8-13)29(25,26)15-5-3-14(4-6-15)28-17(18,19)20/h3-7,22H,2,8-12H2,1H3,(H,21,24). The Labute approximate surface area is 166 Å². The number of carbonyl (C=O) groups excluding carboxylic acids is 1. The van der Waals surface area contributed by atoms with Crippen LogP contribution in [0.25, 0.3) is 0 Å². The van der Waals surface area contributed by atoms with E-state index in [4.69, 9.17) is 4.84 Å². The fourth-order valence-electron chi connectivity index (χ4n) is 2.43. The molecule has 1 heterocycles. The first-order valence-corrected chi connectivity index (χ1v) is 10.3. The summed E-state index contributed by atoms with van der Waals surface area (Å²) in [6, 6.07) is 4.02. The van der Waals surface area contributed by atoms with Gasteiger partial charge in [0.2, 0.25) is 15.9 Å². The van der Waals surface area contributed by atoms with Gasteiger partial charge in [-0.1, -0.05) is 6.92 Å². The monoisotopic (exact) mass is 437 g/mol. The van der Waals surface area contributed by atoms with Crippen molar-refractivity contribution in [3.8, 4) is 5.75 Å². The predicted molar refractivity (Wildman–Crippen MR) is 97.0 cm³/mol. The van der Waals surface area contributed by atoms with Crippen LogP contribution in [0.1, 0.15) is 19.8 Å². The molecule has 12 heteroatoms. The molecular weight excluding hydrogens is 415 g/mol. The molecule has 0 aliphatic carbocycles. The number of nitrogens with zero attached hydrogens (tertiary/aromatic N) is 1. The van der Waals surface area contributed by atoms with Gasteiger partial charge in [0.15, 0.2) is 6.61 Å². The van der Waals surface area contributed by atoms with Crippen LogP contribution in [0.3, 0.4) is 0 Å². The molecule has 0 fully saturated rings. The van der Waals surface area contributed by atoms with Gasteiger partial charge in [-0.15, -0.1) is 13.2 Å². The fraction of sp³-hybridized carbons (Fsp3) is 0.471. The van der Waals surface area contributed by atoms with E-state index in [-0.39, 0.29) is 30.5 Å². The number of sulfonamides is 1. The van der Waals surface area contributed by atoms with Gasteiger partial charge >= 0.3 is 6.36 Å². The molecule has 2 rings (SSSR count). The summed E-state index contributed by atoms with van der Waals surface area (Å²) in [7, 11) is -3.87. The third-order valence-corrected chi connectivity index (χ3v) is 5.73. The average molecular weight is 437 g/mol. The first-order valence-electron chi connectivity index (χ1n) is 8.81. The third-order valence-electron chi connectivity index (χ3n) is 3.85. The van der Waals surface area contributed by atoms with E-state index in [1.54, 1.807) is 6.08 Å². The number of carbonyl (C=O) groups is 1. The largest absolute Gasteiger partial charge is 0.573 e. The molecule has 1 aliphatic rings. The van der Waals surface area contributed by atoms with Crippen LogP contribution in [0, 0.1) is 0 Å². The van der Waals surface area contributed by atoms with Gasteiger partial charge in [0.25, 0.3) is 0 Å². The molecule has 1 aromatic carbocycles. The highest BCUT2D eigenvalue weighted by Crippen LogP contribution is 2.26. The number of halogens is 3. The smallest absolute Gasteiger partial charge is 0.406 e. The van der Waals surface area contributed by atoms with Crippen LogP contribution in [-0.2, 0) is 19.7 Å². The number of hydroxylamine groups is 1. The zero-order valence-corrected chi connectivity index (χ0v) is 16.5. The van der Waals surface area contributed by atoms with Crippen LogP contribution in [-0.4, -0.2) is 51.2 Å². The Morgan fingerprint density at radius 3 is 2.48 bits per heavy atom. The van der Waals surface area contributed by atoms with Crippen molar-refractivity contribution in [3.63, 3.8) is 0 Å². The van der Waals surface area contributed by atoms with Crippen LogP contribution in [0.2, 0.25) is 0 Å². The molecule has 1 aliphatic heterocycles. The van der Waals surface area contributed by atoms with E-state index in [0.29, 0.717) is 18.7 Å². The number of benzene rings is 1. The van der Waals surface area contributed by atoms with Crippen molar-refractivity contribution in [3.05, 3.63) is 36.0 Å². The van der Waals surface area contributed by atoms with Crippen molar-refractivity contribution in [2.24, 2.45) is 0 Å². The first kappa shape index (κ1) is 23.0. The minimum absolute atomic E-state index is 0.0524. The quantitative estimate of drug-likeness (QED) is 0.573. The van der Waals surface area contributed by atoms with E-state index >= 15 is 0 Å². The van der Waals surface area contributed by atoms with Crippen molar-refractivity contribution >= 4 is 15.9 Å². The summed E-state index contributed by atoms with van der Waals surface area (Å²) in [5.74, 6) is -0.764. The van der Waals surface area contributed by atoms with E-state index in [1.165, 1.54) is 4.31 Å². The van der Waals surface area contributed by atoms with Gasteiger partial charge in [0.1, 0.15) is 5.75 Å². The van der Waals surface area contributed by atoms with E-state index in [0.717, 1.165) is 30.7 Å². The lowest BCUT2D eigenvalue weighted by molar-refractivity contribution is -0.274. The Kier molecular flexibility index (Phi) is 7.88. The number of hydrogen-bond donors (Lipinski definition) is 2. The Balaban J connectivity index is 1.89. The number of hydrogen-bond acceptors (Lipinski definition) is 6. The van der Waals surface area contributed by atoms with Crippen molar-refractivity contribution in [2.75, 3.05) is 26.2 Å². The van der Waals surface area contributed by atoms with Crippen LogP contribution < -0.4 is 15.5 Å². The number of alkyl halides is 3. The predicted octanol–water partition coefficient (Wildman–Crippen LogP) is 1.91. The number of ether oxygens (including phenoxy) is 1. The highest BCUT2D eigenvalue weighted by molar-refractivity contribution is 7.89. The van der Waals surface area contributed by atoms with Crippen LogP contribution in [0.15, 0.2) is 40.9 Å². The molecule has 0 saturated carbocycles. The molecule has 1 amide bonds. The highest BCUT2D eigenvalue weighted by Gasteiger charge is 2.31. The fourth-order valence-corrected chi connectivity index (χ4v) is 3.81. The van der Waals surface area contributed by atoms with Crippen molar-refractivity contribution in [1.29, 1.82) is 0 Å². The van der Waals surface area contributed by atoms with Crippen LogP contribution >= 0.6 is 0 Å². The lowest BCUT2D eigenvalue weighted by Gasteiger charge is -2.26. The second kappa shape index (κ2) is 9.94. The van der Waals surface area contributed by atoms with Crippen LogP contribution in [0.4, 0.5) is 13.2 Å². The molecule has 1 aromatic rings. The summed E-state index contributed by atoms with van der Waals surface area (Å²) in [5.41, 5.74) is 3.26. The van der Waals surface area contributed by atoms with Gasteiger partial charge < -0.3 is 10.1 Å². The van der Waals surface area contributed by atoms with Gasteiger partial charge in [-0.25, -0.2) is 8.42 Å². The number of amides is 1. The molecular formula is C17H22F3N3O5S. The molecule has 0 aromatic heterocycles. The van der Waals surface area contributed by atoms with Gasteiger partial charge in [-0.05, 0) is 36.8 Å². The Morgan fingerprint density at radius 2 is 1.93 bits per heavy atom. The summed E-state index contributed by atoms with van der Waals surface area (Å²) in [5, 5.41) is 2.65. The van der Waals surface area contributed by atoms with Crippen molar-refractivity contribution in [2.45, 2.75) is 31.0 Å². The molecule has 0 atom stereocenters. The molecule has 0 radical (unpaired) electrons. The molecule has 0 spiro atoms. The maximum atomic E-state index is 12.6. The van der Waals surface area contributed by atoms with Gasteiger partial charge in [0.05, 0.1) is 4.90 Å². The molecule has 0 unspecified atom stereocenters. The molecule has 8 nitrogen and oxygen atoms in total. The number of rotatable bonds is 9. The second-order valence-electron chi connectivity index (χ2n) is 6.10. The van der Waals surface area contributed by atoms with Crippen LogP contribution in [0.5, 0.6) is 5.75 Å². The zero-order valence-electron chi connectivity index (χ0n) is 15.7. The van der Waals surface area contributed by atoms with Gasteiger partial charge in [-0.2, -0.15) is 4.31 Å². The SMILES string of the molecule is CCCNC(=O)CONC1=CCN(S(=O)(=O)c2ccc(OC(F)(F)F)cc2)CC1. The molecule has 0 bridgehead atoms. The van der Waals surface area contributed by atoms with Gasteiger partial charge in [-0.3, -0.25) is 15.1 Å². The van der Waals surface area contributed by atoms with E-state index in [9.17, 15) is 26.4 Å². The Hall–Kier alpha value is -2.31. The Morgan fingerprint density at radius 1 is 1.24 bits per heavy atom. The summed E-state index contributed by atoms with van der Waals surface area (Å²) in [4.78, 5) is 16.4. The zero-order chi connectivity index (χ0) is 21.5. The maximum Gasteiger partial charge on any atom is 0.573 e. The van der Waals surface area contributed by atoms with Crippen molar-refractivity contribution < 1.29 is 36.0 Å². The Bertz CT molecular complexity index is 826. The van der Waals surface area contributed by atoms with E-state index < -0.39 is 22.1 Å². The lowest BCUT2D eigenvalue weighted by Crippen LogP contribution is -2.37. The minimum Gasteiger partial charge on any atom is -0.406 e. The normalized spacial score (nSPS) is 15.5. The van der Waals surface area contributed by atoms with E-state index in [1.807, 2.05) is 6.92 Å². The summed E-state index contributed by atoms with van der Waals surface area (Å²) >= 11 is 0. The molecule has 0 saturated heterocycles. The van der Waals surface area contributed by atoms with Gasteiger partial charge in [0, 0.05) is 31.8 Å². The summed E-state index contributed by atoms with van der Waals surface area (Å²) in [6.45, 7) is 2.51. The highest BCUT2D eigenvalue weighted by atomic mass is 32.2. The first-order chi connectivity index (χ1) is 13.6. The van der Waals surface area contributed by atoms with Crippen molar-refractivity contribution in [1.82, 2.24) is 15.1 Å². The maximum absolute atomic E-state index is 12.6. The minimum atomic E-state index is -4.85. The third kappa shape index (κ3) is 7.22. The topological polar surface area (TPSA) is 97.0 Å². The van der Waals surface area contributed by atoms with E-state index in [2.05, 4.69) is 15.5 Å². The summed E-state index contributed by atoms with van der Waals surface area (Å²) in [6.07, 6.45) is -2.11. The molecule has 162 valence electrons. The molecule has 2 N–H and O–H groups in total. The second-order valence-corrected chi connectivity index (χ2v) is 8.04. The average Bonchev–Trinajstić information content (AvgIpc) is 2.66.